The number of nitrogens with zero attached hydrogens (tertiary/aromatic N) is 2. The Morgan fingerprint density at radius 1 is 1.26 bits per heavy atom. The van der Waals surface area contributed by atoms with Gasteiger partial charge in [-0.25, -0.2) is 8.42 Å². The van der Waals surface area contributed by atoms with Crippen LogP contribution in [0.3, 0.4) is 0 Å². The van der Waals surface area contributed by atoms with Crippen LogP contribution < -0.4 is 10.6 Å². The Kier molecular flexibility index (Phi) is 5.30. The SMILES string of the molecule is CC(C)(C)NCc1nnc(NCCCS(C)(=O)=O)o1. The highest BCUT2D eigenvalue weighted by Crippen LogP contribution is 2.07. The van der Waals surface area contributed by atoms with Crippen LogP contribution in [0.4, 0.5) is 6.01 Å². The average molecular weight is 290 g/mol. The molecule has 0 radical (unpaired) electrons. The first-order chi connectivity index (χ1) is 8.66. The van der Waals surface area contributed by atoms with Gasteiger partial charge >= 0.3 is 6.01 Å². The molecule has 0 atom stereocenters. The summed E-state index contributed by atoms with van der Waals surface area (Å²) in [6.45, 7) is 7.14. The van der Waals surface area contributed by atoms with Crippen molar-refractivity contribution in [2.24, 2.45) is 0 Å². The molecule has 0 fully saturated rings. The fourth-order valence-electron chi connectivity index (χ4n) is 1.27. The Morgan fingerprint density at radius 3 is 2.53 bits per heavy atom. The first kappa shape index (κ1) is 15.9. The van der Waals surface area contributed by atoms with Crippen LogP contribution in [0.5, 0.6) is 0 Å². The Morgan fingerprint density at radius 2 is 1.95 bits per heavy atom. The summed E-state index contributed by atoms with van der Waals surface area (Å²) >= 11 is 0. The van der Waals surface area contributed by atoms with Gasteiger partial charge in [-0.3, -0.25) is 0 Å². The van der Waals surface area contributed by atoms with Crippen molar-refractivity contribution in [1.29, 1.82) is 0 Å². The Balaban J connectivity index is 2.31. The standard InChI is InChI=1S/C11H22N4O3S/c1-11(2,3)13-8-9-14-15-10(18-9)12-6-5-7-19(4,16)17/h13H,5-8H2,1-4H3,(H,12,15). The van der Waals surface area contributed by atoms with Crippen molar-refractivity contribution in [2.75, 3.05) is 23.9 Å². The molecule has 0 bridgehead atoms. The van der Waals surface area contributed by atoms with Crippen LogP contribution in [0.15, 0.2) is 4.42 Å². The smallest absolute Gasteiger partial charge is 0.315 e. The quantitative estimate of drug-likeness (QED) is 0.717. The summed E-state index contributed by atoms with van der Waals surface area (Å²) in [5.41, 5.74) is -0.0163. The zero-order valence-corrected chi connectivity index (χ0v) is 12.7. The molecule has 0 saturated carbocycles. The zero-order chi connectivity index (χ0) is 14.5. The maximum absolute atomic E-state index is 10.9. The lowest BCUT2D eigenvalue weighted by atomic mass is 10.1. The molecule has 1 aromatic heterocycles. The predicted octanol–water partition coefficient (Wildman–Crippen LogP) is 0.804. The normalized spacial score (nSPS) is 12.6. The maximum atomic E-state index is 10.9. The molecule has 0 aromatic carbocycles. The number of anilines is 1. The van der Waals surface area contributed by atoms with Crippen LogP contribution in [0.25, 0.3) is 0 Å². The molecule has 0 spiro atoms. The van der Waals surface area contributed by atoms with Gasteiger partial charge in [0.15, 0.2) is 0 Å². The second-order valence-electron chi connectivity index (χ2n) is 5.51. The van der Waals surface area contributed by atoms with E-state index in [1.54, 1.807) is 0 Å². The van der Waals surface area contributed by atoms with Gasteiger partial charge in [-0.15, -0.1) is 5.10 Å². The van der Waals surface area contributed by atoms with E-state index in [-0.39, 0.29) is 11.3 Å². The van der Waals surface area contributed by atoms with E-state index < -0.39 is 9.84 Å². The van der Waals surface area contributed by atoms with Gasteiger partial charge in [0.1, 0.15) is 9.84 Å². The van der Waals surface area contributed by atoms with Crippen LogP contribution in [0, 0.1) is 0 Å². The number of hydrogen-bond donors (Lipinski definition) is 2. The third kappa shape index (κ3) is 7.78. The maximum Gasteiger partial charge on any atom is 0.315 e. The third-order valence-corrected chi connectivity index (χ3v) is 3.24. The molecule has 1 aromatic rings. The summed E-state index contributed by atoms with van der Waals surface area (Å²) in [4.78, 5) is 0. The summed E-state index contributed by atoms with van der Waals surface area (Å²) in [6, 6.07) is 0.319. The van der Waals surface area contributed by atoms with Crippen molar-refractivity contribution < 1.29 is 12.8 Å². The Hall–Kier alpha value is -1.15. The number of rotatable bonds is 7. The van der Waals surface area contributed by atoms with E-state index in [1.165, 1.54) is 6.26 Å². The highest BCUT2D eigenvalue weighted by atomic mass is 32.2. The van der Waals surface area contributed by atoms with Gasteiger partial charge in [-0.2, -0.15) is 0 Å². The molecule has 0 amide bonds. The second-order valence-corrected chi connectivity index (χ2v) is 7.77. The number of nitrogens with one attached hydrogen (secondary N) is 2. The molecule has 7 nitrogen and oxygen atoms in total. The Labute approximate surface area is 114 Å². The lowest BCUT2D eigenvalue weighted by Crippen LogP contribution is -2.35. The number of aromatic nitrogens is 2. The van der Waals surface area contributed by atoms with Gasteiger partial charge in [0, 0.05) is 18.3 Å². The summed E-state index contributed by atoms with van der Waals surface area (Å²) in [5.74, 6) is 0.646. The van der Waals surface area contributed by atoms with Crippen molar-refractivity contribution in [3.63, 3.8) is 0 Å². The van der Waals surface area contributed by atoms with Gasteiger partial charge in [-0.05, 0) is 27.2 Å². The molecule has 0 saturated heterocycles. The van der Waals surface area contributed by atoms with E-state index in [0.717, 1.165) is 0 Å². The van der Waals surface area contributed by atoms with E-state index in [2.05, 4.69) is 20.8 Å². The van der Waals surface area contributed by atoms with E-state index in [4.69, 9.17) is 4.42 Å². The summed E-state index contributed by atoms with van der Waals surface area (Å²) in [6.07, 6.45) is 1.73. The van der Waals surface area contributed by atoms with Gasteiger partial charge in [0.2, 0.25) is 5.89 Å². The van der Waals surface area contributed by atoms with Gasteiger partial charge in [0.05, 0.1) is 12.3 Å². The fourth-order valence-corrected chi connectivity index (χ4v) is 1.94. The highest BCUT2D eigenvalue weighted by molar-refractivity contribution is 7.90. The zero-order valence-electron chi connectivity index (χ0n) is 11.9. The largest absolute Gasteiger partial charge is 0.407 e. The second kappa shape index (κ2) is 6.33. The first-order valence-electron chi connectivity index (χ1n) is 6.15. The van der Waals surface area contributed by atoms with E-state index >= 15 is 0 Å². The van der Waals surface area contributed by atoms with Crippen molar-refractivity contribution in [2.45, 2.75) is 39.3 Å². The molecule has 1 heterocycles. The minimum atomic E-state index is -2.91. The lowest BCUT2D eigenvalue weighted by molar-refractivity contribution is 0.383. The summed E-state index contributed by atoms with van der Waals surface area (Å²) in [5, 5.41) is 13.9. The minimum Gasteiger partial charge on any atom is -0.407 e. The van der Waals surface area contributed by atoms with Crippen molar-refractivity contribution in [1.82, 2.24) is 15.5 Å². The van der Waals surface area contributed by atoms with E-state index in [1.807, 2.05) is 20.8 Å². The van der Waals surface area contributed by atoms with Crippen LogP contribution in [0.1, 0.15) is 33.1 Å². The molecular formula is C11H22N4O3S. The molecule has 2 N–H and O–H groups in total. The molecule has 1 rings (SSSR count). The lowest BCUT2D eigenvalue weighted by Gasteiger charge is -2.18. The third-order valence-electron chi connectivity index (χ3n) is 2.20. The van der Waals surface area contributed by atoms with Crippen molar-refractivity contribution >= 4 is 15.9 Å². The molecule has 110 valence electrons. The molecule has 0 unspecified atom stereocenters. The van der Waals surface area contributed by atoms with Crippen molar-refractivity contribution in [3.8, 4) is 0 Å². The molecule has 0 aliphatic carbocycles. The average Bonchev–Trinajstić information content (AvgIpc) is 2.67. The number of sulfone groups is 1. The number of hydrogen-bond acceptors (Lipinski definition) is 7. The highest BCUT2D eigenvalue weighted by Gasteiger charge is 2.12. The fraction of sp³-hybridized carbons (Fsp3) is 0.818. The molecule has 19 heavy (non-hydrogen) atoms. The van der Waals surface area contributed by atoms with Crippen LogP contribution in [0.2, 0.25) is 0 Å². The van der Waals surface area contributed by atoms with Crippen LogP contribution in [-0.2, 0) is 16.4 Å². The predicted molar refractivity (Wildman–Crippen MR) is 73.7 cm³/mol. The van der Waals surface area contributed by atoms with Gasteiger partial charge < -0.3 is 15.1 Å². The Bertz CT molecular complexity index is 490. The topological polar surface area (TPSA) is 97.1 Å². The summed E-state index contributed by atoms with van der Waals surface area (Å²) < 4.78 is 27.2. The van der Waals surface area contributed by atoms with E-state index in [9.17, 15) is 8.42 Å². The minimum absolute atomic E-state index is 0.0163. The van der Waals surface area contributed by atoms with Crippen LogP contribution >= 0.6 is 0 Å². The van der Waals surface area contributed by atoms with Gasteiger partial charge in [-0.1, -0.05) is 5.10 Å². The summed E-state index contributed by atoms with van der Waals surface area (Å²) in [7, 11) is -2.91. The van der Waals surface area contributed by atoms with Crippen molar-refractivity contribution in [3.05, 3.63) is 5.89 Å². The van der Waals surface area contributed by atoms with Crippen LogP contribution in [-0.4, -0.2) is 42.7 Å². The molecule has 0 aliphatic rings. The van der Waals surface area contributed by atoms with E-state index in [0.29, 0.717) is 31.4 Å². The molecular weight excluding hydrogens is 268 g/mol. The monoisotopic (exact) mass is 290 g/mol. The molecule has 0 aliphatic heterocycles. The van der Waals surface area contributed by atoms with Gasteiger partial charge in [0.25, 0.3) is 0 Å². The molecule has 8 heteroatoms. The first-order valence-corrected chi connectivity index (χ1v) is 8.21.